The van der Waals surface area contributed by atoms with Crippen molar-refractivity contribution in [1.29, 1.82) is 0 Å². The second-order valence-corrected chi connectivity index (χ2v) is 4.73. The molecule has 2 N–H and O–H groups in total. The molecule has 0 aliphatic heterocycles. The first-order valence-corrected chi connectivity index (χ1v) is 6.46. The average molecular weight is 337 g/mol. The summed E-state index contributed by atoms with van der Waals surface area (Å²) >= 11 is 5.75. The molecule has 9 nitrogen and oxygen atoms in total. The third-order valence-electron chi connectivity index (χ3n) is 2.74. The molecule has 10 heteroatoms. The first kappa shape index (κ1) is 16.2. The molecule has 0 aromatic heterocycles. The number of nitro groups is 2. The van der Waals surface area contributed by atoms with E-state index in [-0.39, 0.29) is 16.3 Å². The molecule has 0 bridgehead atoms. The molecule has 2 aromatic carbocycles. The van der Waals surface area contributed by atoms with Crippen LogP contribution >= 0.6 is 11.6 Å². The molecule has 0 atom stereocenters. The number of nitro benzene ring substituents is 2. The highest BCUT2D eigenvalue weighted by Crippen LogP contribution is 2.32. The summed E-state index contributed by atoms with van der Waals surface area (Å²) in [6, 6.07) is 7.91. The van der Waals surface area contributed by atoms with Crippen molar-refractivity contribution in [2.75, 3.05) is 5.43 Å². The van der Waals surface area contributed by atoms with Gasteiger partial charge in [0.25, 0.3) is 5.69 Å². The summed E-state index contributed by atoms with van der Waals surface area (Å²) in [6.45, 7) is 0. The van der Waals surface area contributed by atoms with Crippen LogP contribution in [0.25, 0.3) is 0 Å². The number of nitrogens with zero attached hydrogens (tertiary/aromatic N) is 3. The van der Waals surface area contributed by atoms with Crippen molar-refractivity contribution >= 4 is 34.9 Å². The van der Waals surface area contributed by atoms with Crippen LogP contribution in [0.15, 0.2) is 41.5 Å². The molecule has 0 unspecified atom stereocenters. The smallest absolute Gasteiger partial charge is 0.312 e. The number of halogens is 1. The first-order chi connectivity index (χ1) is 10.9. The number of benzene rings is 2. The number of nitrogens with one attached hydrogen (secondary N) is 1. The van der Waals surface area contributed by atoms with Gasteiger partial charge in [0.2, 0.25) is 5.75 Å². The highest BCUT2D eigenvalue weighted by Gasteiger charge is 2.17. The Bertz CT molecular complexity index is 809. The van der Waals surface area contributed by atoms with Gasteiger partial charge in [-0.05, 0) is 12.1 Å². The molecule has 0 heterocycles. The van der Waals surface area contributed by atoms with E-state index in [1.54, 1.807) is 6.07 Å². The molecule has 0 fully saturated rings. The van der Waals surface area contributed by atoms with Gasteiger partial charge in [0.1, 0.15) is 0 Å². The second-order valence-electron chi connectivity index (χ2n) is 4.30. The Morgan fingerprint density at radius 1 is 1.17 bits per heavy atom. The lowest BCUT2D eigenvalue weighted by Gasteiger charge is -2.02. The van der Waals surface area contributed by atoms with Crippen molar-refractivity contribution in [3.63, 3.8) is 0 Å². The van der Waals surface area contributed by atoms with E-state index in [2.05, 4.69) is 10.5 Å². The zero-order chi connectivity index (χ0) is 17.0. The minimum atomic E-state index is -0.771. The summed E-state index contributed by atoms with van der Waals surface area (Å²) in [5.41, 5.74) is 2.23. The Morgan fingerprint density at radius 3 is 2.57 bits per heavy atom. The van der Waals surface area contributed by atoms with Crippen molar-refractivity contribution in [3.05, 3.63) is 67.2 Å². The molecule has 23 heavy (non-hydrogen) atoms. The summed E-state index contributed by atoms with van der Waals surface area (Å²) < 4.78 is 0. The Hall–Kier alpha value is -3.20. The fourth-order valence-electron chi connectivity index (χ4n) is 1.71. The van der Waals surface area contributed by atoms with Crippen LogP contribution in [0.4, 0.5) is 17.1 Å². The highest BCUT2D eigenvalue weighted by atomic mass is 35.5. The maximum atomic E-state index is 10.8. The van der Waals surface area contributed by atoms with Gasteiger partial charge in [0.15, 0.2) is 0 Å². The first-order valence-electron chi connectivity index (χ1n) is 6.09. The van der Waals surface area contributed by atoms with E-state index in [1.807, 2.05) is 0 Å². The van der Waals surface area contributed by atoms with Gasteiger partial charge in [0, 0.05) is 28.8 Å². The normalized spacial score (nSPS) is 10.7. The highest BCUT2D eigenvalue weighted by molar-refractivity contribution is 6.31. The van der Waals surface area contributed by atoms with Crippen LogP contribution in [-0.4, -0.2) is 21.2 Å². The molecule has 0 saturated heterocycles. The lowest BCUT2D eigenvalue weighted by Crippen LogP contribution is -1.95. The lowest BCUT2D eigenvalue weighted by atomic mass is 10.2. The molecule has 0 spiro atoms. The predicted molar refractivity (Wildman–Crippen MR) is 84.1 cm³/mol. The van der Waals surface area contributed by atoms with Gasteiger partial charge in [-0.15, -0.1) is 0 Å². The number of phenolic OH excluding ortho intramolecular Hbond substituents is 1. The average Bonchev–Trinajstić information content (AvgIpc) is 2.50. The van der Waals surface area contributed by atoms with Crippen LogP contribution in [0.1, 0.15) is 5.56 Å². The number of hydrogen-bond donors (Lipinski definition) is 2. The van der Waals surface area contributed by atoms with E-state index < -0.39 is 21.3 Å². The van der Waals surface area contributed by atoms with Gasteiger partial charge in [-0.25, -0.2) is 0 Å². The molecule has 0 saturated carbocycles. The molecule has 0 aliphatic rings. The van der Waals surface area contributed by atoms with Crippen LogP contribution in [0.5, 0.6) is 5.75 Å². The monoisotopic (exact) mass is 336 g/mol. The Kier molecular flexibility index (Phi) is 4.72. The van der Waals surface area contributed by atoms with Crippen LogP contribution in [0.2, 0.25) is 5.02 Å². The number of hydrogen-bond acceptors (Lipinski definition) is 7. The summed E-state index contributed by atoms with van der Waals surface area (Å²) in [5.74, 6) is -0.580. The number of hydrazone groups is 1. The molecule has 0 amide bonds. The molecular weight excluding hydrogens is 328 g/mol. The maximum Gasteiger partial charge on any atom is 0.312 e. The standard InChI is InChI=1S/C13H9ClN4O5/c14-9-4-8(13(19)12(5-9)18(22)23)7-15-16-10-2-1-3-11(6-10)17(20)21/h1-7,16,19H/b15-7-. The van der Waals surface area contributed by atoms with Crippen LogP contribution in [0, 0.1) is 20.2 Å². The van der Waals surface area contributed by atoms with E-state index in [9.17, 15) is 25.3 Å². The van der Waals surface area contributed by atoms with E-state index in [0.29, 0.717) is 5.69 Å². The molecule has 0 aliphatic carbocycles. The van der Waals surface area contributed by atoms with Crippen molar-refractivity contribution in [2.24, 2.45) is 5.10 Å². The molecular formula is C13H9ClN4O5. The van der Waals surface area contributed by atoms with Crippen molar-refractivity contribution in [1.82, 2.24) is 0 Å². The SMILES string of the molecule is O=[N+]([O-])c1cccc(N/N=C\c2cc(Cl)cc([N+](=O)[O-])c2O)c1. The molecule has 2 aromatic rings. The summed E-state index contributed by atoms with van der Waals surface area (Å²) in [5, 5.41) is 35.1. The molecule has 118 valence electrons. The third kappa shape index (κ3) is 3.92. The van der Waals surface area contributed by atoms with Gasteiger partial charge >= 0.3 is 5.69 Å². The number of non-ortho nitro benzene ring substituents is 1. The van der Waals surface area contributed by atoms with E-state index >= 15 is 0 Å². The zero-order valence-electron chi connectivity index (χ0n) is 11.3. The van der Waals surface area contributed by atoms with E-state index in [0.717, 1.165) is 12.3 Å². The number of rotatable bonds is 5. The summed E-state index contributed by atoms with van der Waals surface area (Å²) in [7, 11) is 0. The third-order valence-corrected chi connectivity index (χ3v) is 2.95. The number of anilines is 1. The van der Waals surface area contributed by atoms with Crippen LogP contribution in [0.3, 0.4) is 0 Å². The maximum absolute atomic E-state index is 10.8. The predicted octanol–water partition coefficient (Wildman–Crippen LogP) is 3.31. The van der Waals surface area contributed by atoms with Gasteiger partial charge in [-0.1, -0.05) is 17.7 Å². The van der Waals surface area contributed by atoms with Gasteiger partial charge in [0.05, 0.1) is 21.7 Å². The summed E-state index contributed by atoms with van der Waals surface area (Å²) in [4.78, 5) is 20.1. The van der Waals surface area contributed by atoms with Gasteiger partial charge < -0.3 is 5.11 Å². The van der Waals surface area contributed by atoms with Crippen molar-refractivity contribution in [2.45, 2.75) is 0 Å². The van der Waals surface area contributed by atoms with Crippen molar-refractivity contribution in [3.8, 4) is 5.75 Å². The quantitative estimate of drug-likeness (QED) is 0.489. The Labute approximate surface area is 134 Å². The summed E-state index contributed by atoms with van der Waals surface area (Å²) in [6.07, 6.45) is 1.12. The van der Waals surface area contributed by atoms with E-state index in [1.165, 1.54) is 24.3 Å². The topological polar surface area (TPSA) is 131 Å². The Morgan fingerprint density at radius 2 is 1.91 bits per heavy atom. The lowest BCUT2D eigenvalue weighted by molar-refractivity contribution is -0.385. The van der Waals surface area contributed by atoms with Crippen LogP contribution < -0.4 is 5.43 Å². The Balaban J connectivity index is 2.23. The van der Waals surface area contributed by atoms with Crippen LogP contribution in [-0.2, 0) is 0 Å². The van der Waals surface area contributed by atoms with Gasteiger partial charge in [-0.3, -0.25) is 25.7 Å². The zero-order valence-corrected chi connectivity index (χ0v) is 12.1. The second kappa shape index (κ2) is 6.71. The fraction of sp³-hybridized carbons (Fsp3) is 0. The minimum absolute atomic E-state index is 0.0298. The molecule has 0 radical (unpaired) electrons. The van der Waals surface area contributed by atoms with E-state index in [4.69, 9.17) is 11.6 Å². The molecule has 2 rings (SSSR count). The number of phenols is 1. The minimum Gasteiger partial charge on any atom is -0.502 e. The largest absolute Gasteiger partial charge is 0.502 e. The number of aromatic hydroxyl groups is 1. The van der Waals surface area contributed by atoms with Gasteiger partial charge in [-0.2, -0.15) is 5.10 Å². The van der Waals surface area contributed by atoms with Crippen molar-refractivity contribution < 1.29 is 15.0 Å². The fourth-order valence-corrected chi connectivity index (χ4v) is 1.93.